The molecule has 1 atom stereocenters. The molecule has 2 amide bonds. The average Bonchev–Trinajstić information content (AvgIpc) is 2.91. The molecule has 0 bridgehead atoms. The minimum Gasteiger partial charge on any atom is -0.335 e. The third kappa shape index (κ3) is 3.91. The zero-order chi connectivity index (χ0) is 17.0. The molecule has 1 saturated heterocycles. The Morgan fingerprint density at radius 2 is 2.04 bits per heavy atom. The van der Waals surface area contributed by atoms with E-state index in [2.05, 4.69) is 29.1 Å². The van der Waals surface area contributed by atoms with Gasteiger partial charge in [0.1, 0.15) is 0 Å². The largest absolute Gasteiger partial charge is 0.335 e. The summed E-state index contributed by atoms with van der Waals surface area (Å²) < 4.78 is 1.00. The fourth-order valence-electron chi connectivity index (χ4n) is 2.74. The van der Waals surface area contributed by atoms with Crippen LogP contribution in [0.1, 0.15) is 12.0 Å². The van der Waals surface area contributed by atoms with Crippen LogP contribution in [-0.4, -0.2) is 36.3 Å². The fourth-order valence-corrected chi connectivity index (χ4v) is 2.99. The predicted octanol–water partition coefficient (Wildman–Crippen LogP) is 3.31. The predicted molar refractivity (Wildman–Crippen MR) is 96.3 cm³/mol. The number of halogens is 1. The lowest BCUT2D eigenvalue weighted by atomic mass is 10.1. The average molecular weight is 377 g/mol. The number of carbonyl (C=O) groups is 2. The number of nitrogens with zero attached hydrogens (tertiary/aromatic N) is 2. The van der Waals surface area contributed by atoms with Crippen molar-refractivity contribution in [2.75, 3.05) is 24.5 Å². The Bertz CT molecular complexity index is 632. The van der Waals surface area contributed by atoms with E-state index in [0.717, 1.165) is 15.7 Å². The topological polar surface area (TPSA) is 40.6 Å². The Morgan fingerprint density at radius 1 is 1.39 bits per heavy atom. The zero-order valence-electron chi connectivity index (χ0n) is 13.3. The molecule has 0 spiro atoms. The van der Waals surface area contributed by atoms with Crippen LogP contribution < -0.4 is 4.90 Å². The van der Waals surface area contributed by atoms with Crippen LogP contribution in [0.25, 0.3) is 0 Å². The van der Waals surface area contributed by atoms with Crippen LogP contribution >= 0.6 is 15.9 Å². The third-order valence-corrected chi connectivity index (χ3v) is 4.83. The Labute approximate surface area is 145 Å². The van der Waals surface area contributed by atoms with Crippen LogP contribution in [-0.2, 0) is 9.59 Å². The van der Waals surface area contributed by atoms with Gasteiger partial charge in [-0.25, -0.2) is 0 Å². The van der Waals surface area contributed by atoms with Gasteiger partial charge in [0.15, 0.2) is 0 Å². The van der Waals surface area contributed by atoms with Crippen molar-refractivity contribution in [1.82, 2.24) is 4.90 Å². The lowest BCUT2D eigenvalue weighted by molar-refractivity contribution is -0.134. The summed E-state index contributed by atoms with van der Waals surface area (Å²) in [5.74, 6) is -0.344. The van der Waals surface area contributed by atoms with E-state index >= 15 is 0 Å². The van der Waals surface area contributed by atoms with Gasteiger partial charge in [0.2, 0.25) is 11.8 Å². The standard InChI is InChI=1S/C18H21BrN2O2/c1-4-8-20(9-5-2)18(23)14-11-17(22)21(12-14)15-6-7-16(19)13(3)10-15/h4-7,10,14H,1-2,8-9,11-12H2,3H3. The summed E-state index contributed by atoms with van der Waals surface area (Å²) in [7, 11) is 0. The SMILES string of the molecule is C=CCN(CC=C)C(=O)C1CC(=O)N(c2ccc(Br)c(C)c2)C1. The molecule has 1 aliphatic heterocycles. The molecule has 0 aromatic heterocycles. The van der Waals surface area contributed by atoms with E-state index in [4.69, 9.17) is 0 Å². The lowest BCUT2D eigenvalue weighted by Gasteiger charge is -2.23. The quantitative estimate of drug-likeness (QED) is 0.714. The molecule has 0 radical (unpaired) electrons. The second kappa shape index (κ2) is 7.59. The molecule has 23 heavy (non-hydrogen) atoms. The monoisotopic (exact) mass is 376 g/mol. The van der Waals surface area contributed by atoms with Gasteiger partial charge in [0.25, 0.3) is 0 Å². The van der Waals surface area contributed by atoms with Crippen LogP contribution in [0.15, 0.2) is 48.0 Å². The maximum absolute atomic E-state index is 12.6. The molecular formula is C18H21BrN2O2. The highest BCUT2D eigenvalue weighted by Crippen LogP contribution is 2.29. The highest BCUT2D eigenvalue weighted by atomic mass is 79.9. The van der Waals surface area contributed by atoms with Crippen molar-refractivity contribution in [2.45, 2.75) is 13.3 Å². The van der Waals surface area contributed by atoms with Crippen LogP contribution in [0.2, 0.25) is 0 Å². The normalized spacial score (nSPS) is 17.2. The van der Waals surface area contributed by atoms with Gasteiger partial charge in [-0.3, -0.25) is 9.59 Å². The molecule has 1 aromatic carbocycles. The Kier molecular flexibility index (Phi) is 5.77. The molecule has 0 saturated carbocycles. The van der Waals surface area contributed by atoms with E-state index in [1.807, 2.05) is 25.1 Å². The molecular weight excluding hydrogens is 356 g/mol. The minimum absolute atomic E-state index is 0.0118. The van der Waals surface area contributed by atoms with Crippen LogP contribution in [0.5, 0.6) is 0 Å². The number of hydrogen-bond acceptors (Lipinski definition) is 2. The first-order valence-corrected chi connectivity index (χ1v) is 8.34. The maximum atomic E-state index is 12.6. The van der Waals surface area contributed by atoms with E-state index < -0.39 is 0 Å². The third-order valence-electron chi connectivity index (χ3n) is 3.94. The van der Waals surface area contributed by atoms with Crippen LogP contribution in [0, 0.1) is 12.8 Å². The number of anilines is 1. The molecule has 1 aromatic rings. The van der Waals surface area contributed by atoms with Gasteiger partial charge < -0.3 is 9.80 Å². The second-order valence-corrected chi connectivity index (χ2v) is 6.51. The van der Waals surface area contributed by atoms with Gasteiger partial charge in [0, 0.05) is 36.2 Å². The first-order valence-electron chi connectivity index (χ1n) is 7.55. The van der Waals surface area contributed by atoms with E-state index in [-0.39, 0.29) is 24.2 Å². The molecule has 0 aliphatic carbocycles. The highest BCUT2D eigenvalue weighted by molar-refractivity contribution is 9.10. The summed E-state index contributed by atoms with van der Waals surface area (Å²) in [5.41, 5.74) is 1.90. The smallest absolute Gasteiger partial charge is 0.228 e. The minimum atomic E-state index is -0.314. The molecule has 1 heterocycles. The number of carbonyl (C=O) groups excluding carboxylic acids is 2. The number of rotatable bonds is 6. The number of benzene rings is 1. The summed E-state index contributed by atoms with van der Waals surface area (Å²) >= 11 is 3.46. The Hall–Kier alpha value is -1.88. The van der Waals surface area contributed by atoms with Crippen LogP contribution in [0.3, 0.4) is 0 Å². The van der Waals surface area contributed by atoms with Gasteiger partial charge in [0.05, 0.1) is 5.92 Å². The van der Waals surface area contributed by atoms with E-state index in [1.165, 1.54) is 0 Å². The van der Waals surface area contributed by atoms with E-state index in [1.54, 1.807) is 22.0 Å². The van der Waals surface area contributed by atoms with Crippen molar-refractivity contribution in [1.29, 1.82) is 0 Å². The zero-order valence-corrected chi connectivity index (χ0v) is 14.9. The van der Waals surface area contributed by atoms with Crippen molar-refractivity contribution in [3.8, 4) is 0 Å². The van der Waals surface area contributed by atoms with Crippen molar-refractivity contribution in [3.05, 3.63) is 53.5 Å². The molecule has 122 valence electrons. The molecule has 1 aliphatic rings. The molecule has 0 N–H and O–H groups in total. The van der Waals surface area contributed by atoms with Gasteiger partial charge in [-0.05, 0) is 30.7 Å². The first kappa shape index (κ1) is 17.5. The van der Waals surface area contributed by atoms with Crippen molar-refractivity contribution in [3.63, 3.8) is 0 Å². The summed E-state index contributed by atoms with van der Waals surface area (Å²) in [5, 5.41) is 0. The molecule has 4 nitrogen and oxygen atoms in total. The molecule has 1 fully saturated rings. The van der Waals surface area contributed by atoms with Gasteiger partial charge in [-0.15, -0.1) is 13.2 Å². The van der Waals surface area contributed by atoms with Crippen molar-refractivity contribution in [2.24, 2.45) is 5.92 Å². The summed E-state index contributed by atoms with van der Waals surface area (Å²) in [6.45, 7) is 10.7. The van der Waals surface area contributed by atoms with Crippen LogP contribution in [0.4, 0.5) is 5.69 Å². The summed E-state index contributed by atoms with van der Waals surface area (Å²) in [6.07, 6.45) is 3.63. The van der Waals surface area contributed by atoms with Gasteiger partial charge in [-0.2, -0.15) is 0 Å². The Balaban J connectivity index is 2.15. The second-order valence-electron chi connectivity index (χ2n) is 5.66. The maximum Gasteiger partial charge on any atom is 0.228 e. The molecule has 5 heteroatoms. The van der Waals surface area contributed by atoms with E-state index in [9.17, 15) is 9.59 Å². The highest BCUT2D eigenvalue weighted by Gasteiger charge is 2.36. The summed E-state index contributed by atoms with van der Waals surface area (Å²) in [4.78, 5) is 28.3. The number of hydrogen-bond donors (Lipinski definition) is 0. The summed E-state index contributed by atoms with van der Waals surface area (Å²) in [6, 6.07) is 5.78. The van der Waals surface area contributed by atoms with Gasteiger partial charge >= 0.3 is 0 Å². The number of aryl methyl sites for hydroxylation is 1. The van der Waals surface area contributed by atoms with Crippen molar-refractivity contribution < 1.29 is 9.59 Å². The fraction of sp³-hybridized carbons (Fsp3) is 0.333. The van der Waals surface area contributed by atoms with Gasteiger partial charge in [-0.1, -0.05) is 28.1 Å². The van der Waals surface area contributed by atoms with Crippen molar-refractivity contribution >= 4 is 33.4 Å². The molecule has 1 unspecified atom stereocenters. The number of amides is 2. The first-order chi connectivity index (χ1) is 11.0. The molecule has 2 rings (SSSR count). The Morgan fingerprint density at radius 3 is 2.61 bits per heavy atom. The lowest BCUT2D eigenvalue weighted by Crippen LogP contribution is -2.37. The van der Waals surface area contributed by atoms with E-state index in [0.29, 0.717) is 19.6 Å².